The number of aromatic nitrogens is 6. The van der Waals surface area contributed by atoms with Crippen LogP contribution in [-0.4, -0.2) is 36.7 Å². The zero-order valence-corrected chi connectivity index (χ0v) is 19.0. The first-order valence-electron chi connectivity index (χ1n) is 12.4. The van der Waals surface area contributed by atoms with Crippen molar-refractivity contribution in [1.29, 1.82) is 0 Å². The van der Waals surface area contributed by atoms with Crippen LogP contribution in [0.3, 0.4) is 0 Å². The molecule has 0 unspecified atom stereocenters. The number of nitrogens with one attached hydrogen (secondary N) is 3. The molecule has 7 nitrogen and oxygen atoms in total. The van der Waals surface area contributed by atoms with E-state index in [9.17, 15) is 0 Å². The van der Waals surface area contributed by atoms with E-state index in [1.165, 1.54) is 32.1 Å². The van der Waals surface area contributed by atoms with Crippen LogP contribution < -0.4 is 5.32 Å². The SMILES string of the molecule is c1cc2nc(C3CCCC3)[nH]c2cc1-c1ccc(-c2ccc3nc([C@@H]4CCCN4)[nH]c3c2)nn1. The van der Waals surface area contributed by atoms with Crippen molar-refractivity contribution in [1.82, 2.24) is 35.5 Å². The van der Waals surface area contributed by atoms with E-state index in [0.717, 1.165) is 69.2 Å². The van der Waals surface area contributed by atoms with Crippen LogP contribution in [0.2, 0.25) is 0 Å². The average molecular weight is 450 g/mol. The van der Waals surface area contributed by atoms with Crippen LogP contribution in [0.5, 0.6) is 0 Å². The lowest BCUT2D eigenvalue weighted by atomic mass is 10.1. The molecule has 5 aromatic rings. The summed E-state index contributed by atoms with van der Waals surface area (Å²) in [6.45, 7) is 1.06. The molecule has 1 aliphatic heterocycles. The fourth-order valence-corrected chi connectivity index (χ4v) is 5.49. The zero-order valence-electron chi connectivity index (χ0n) is 19.0. The maximum absolute atomic E-state index is 4.83. The van der Waals surface area contributed by atoms with Gasteiger partial charge in [0.1, 0.15) is 11.6 Å². The van der Waals surface area contributed by atoms with Crippen molar-refractivity contribution < 1.29 is 0 Å². The second kappa shape index (κ2) is 8.02. The Morgan fingerprint density at radius 1 is 0.647 bits per heavy atom. The van der Waals surface area contributed by atoms with E-state index < -0.39 is 0 Å². The van der Waals surface area contributed by atoms with Gasteiger partial charge in [0.25, 0.3) is 0 Å². The molecule has 0 amide bonds. The van der Waals surface area contributed by atoms with E-state index in [0.29, 0.717) is 12.0 Å². The van der Waals surface area contributed by atoms with Crippen molar-refractivity contribution in [2.45, 2.75) is 50.5 Å². The van der Waals surface area contributed by atoms with E-state index in [1.807, 2.05) is 12.1 Å². The van der Waals surface area contributed by atoms with E-state index >= 15 is 0 Å². The van der Waals surface area contributed by atoms with Gasteiger partial charge < -0.3 is 15.3 Å². The highest BCUT2D eigenvalue weighted by atomic mass is 15.1. The number of nitrogens with zero attached hydrogens (tertiary/aromatic N) is 4. The number of aromatic amines is 2. The summed E-state index contributed by atoms with van der Waals surface area (Å²) in [5.41, 5.74) is 7.92. The molecule has 1 saturated carbocycles. The average Bonchev–Trinajstić information content (AvgIpc) is 3.69. The third-order valence-corrected chi connectivity index (χ3v) is 7.39. The van der Waals surface area contributed by atoms with Gasteiger partial charge in [-0.3, -0.25) is 0 Å². The molecule has 34 heavy (non-hydrogen) atoms. The fraction of sp³-hybridized carbons (Fsp3) is 0.333. The first-order chi connectivity index (χ1) is 16.8. The molecule has 170 valence electrons. The van der Waals surface area contributed by atoms with Crippen LogP contribution in [0.25, 0.3) is 44.6 Å². The number of hydrogen-bond donors (Lipinski definition) is 3. The molecule has 2 fully saturated rings. The minimum Gasteiger partial charge on any atom is -0.342 e. The van der Waals surface area contributed by atoms with Gasteiger partial charge in [0.2, 0.25) is 0 Å². The van der Waals surface area contributed by atoms with Gasteiger partial charge in [-0.25, -0.2) is 9.97 Å². The van der Waals surface area contributed by atoms with E-state index in [4.69, 9.17) is 9.97 Å². The minimum absolute atomic E-state index is 0.330. The Morgan fingerprint density at radius 2 is 1.26 bits per heavy atom. The number of hydrogen-bond acceptors (Lipinski definition) is 5. The van der Waals surface area contributed by atoms with Gasteiger partial charge in [-0.2, -0.15) is 0 Å². The number of rotatable bonds is 4. The lowest BCUT2D eigenvalue weighted by molar-refractivity contribution is 0.614. The predicted molar refractivity (Wildman–Crippen MR) is 133 cm³/mol. The molecule has 7 heteroatoms. The van der Waals surface area contributed by atoms with Gasteiger partial charge in [0.15, 0.2) is 0 Å². The molecular formula is C27H27N7. The molecule has 2 aliphatic rings. The molecule has 3 aromatic heterocycles. The maximum atomic E-state index is 4.83. The molecule has 1 saturated heterocycles. The molecule has 0 bridgehead atoms. The van der Waals surface area contributed by atoms with E-state index in [-0.39, 0.29) is 0 Å². The second-order valence-electron chi connectivity index (χ2n) is 9.64. The van der Waals surface area contributed by atoms with Crippen LogP contribution in [0.1, 0.15) is 62.1 Å². The fourth-order valence-electron chi connectivity index (χ4n) is 5.49. The predicted octanol–water partition coefficient (Wildman–Crippen LogP) is 5.65. The number of imidazole rings is 2. The molecule has 0 radical (unpaired) electrons. The Morgan fingerprint density at radius 3 is 1.85 bits per heavy atom. The molecule has 2 aromatic carbocycles. The smallest absolute Gasteiger partial charge is 0.124 e. The van der Waals surface area contributed by atoms with Crippen LogP contribution in [0.4, 0.5) is 0 Å². The van der Waals surface area contributed by atoms with Gasteiger partial charge in [-0.1, -0.05) is 25.0 Å². The van der Waals surface area contributed by atoms with Crippen molar-refractivity contribution in [3.63, 3.8) is 0 Å². The lowest BCUT2D eigenvalue weighted by Crippen LogP contribution is -2.13. The van der Waals surface area contributed by atoms with Gasteiger partial charge in [0, 0.05) is 17.0 Å². The third kappa shape index (κ3) is 3.47. The Bertz CT molecular complexity index is 1360. The third-order valence-electron chi connectivity index (χ3n) is 7.39. The Kier molecular flexibility index (Phi) is 4.68. The number of H-pyrrole nitrogens is 2. The van der Waals surface area contributed by atoms with Crippen molar-refractivity contribution in [2.75, 3.05) is 6.54 Å². The van der Waals surface area contributed by atoms with Gasteiger partial charge >= 0.3 is 0 Å². The standard InChI is InChI=1S/C27H27N7/c1-2-5-16(4-1)26-29-21-9-7-17(14-24(21)31-26)19-11-12-20(34-33-19)18-8-10-22-25(15-18)32-27(30-22)23-6-3-13-28-23/h7-12,14-16,23,28H,1-6,13H2,(H,29,31)(H,30,32)/t23-/m0/s1. The highest BCUT2D eigenvalue weighted by Gasteiger charge is 2.21. The summed E-state index contributed by atoms with van der Waals surface area (Å²) in [6.07, 6.45) is 7.42. The summed E-state index contributed by atoms with van der Waals surface area (Å²) in [5, 5.41) is 12.6. The van der Waals surface area contributed by atoms with Crippen molar-refractivity contribution in [3.05, 3.63) is 60.2 Å². The molecule has 7 rings (SSSR count). The summed E-state index contributed by atoms with van der Waals surface area (Å²) < 4.78 is 0. The zero-order chi connectivity index (χ0) is 22.5. The highest BCUT2D eigenvalue weighted by molar-refractivity contribution is 5.83. The Hall–Kier alpha value is -3.58. The summed E-state index contributed by atoms with van der Waals surface area (Å²) in [4.78, 5) is 16.6. The molecular weight excluding hydrogens is 422 g/mol. The van der Waals surface area contributed by atoms with Crippen LogP contribution in [-0.2, 0) is 0 Å². The highest BCUT2D eigenvalue weighted by Crippen LogP contribution is 2.34. The lowest BCUT2D eigenvalue weighted by Gasteiger charge is -2.04. The van der Waals surface area contributed by atoms with E-state index in [1.54, 1.807) is 0 Å². The Labute approximate surface area is 197 Å². The monoisotopic (exact) mass is 449 g/mol. The summed E-state index contributed by atoms with van der Waals surface area (Å²) in [5.74, 6) is 2.73. The van der Waals surface area contributed by atoms with Crippen molar-refractivity contribution in [3.8, 4) is 22.5 Å². The van der Waals surface area contributed by atoms with Crippen molar-refractivity contribution >= 4 is 22.1 Å². The molecule has 1 aliphatic carbocycles. The first-order valence-corrected chi connectivity index (χ1v) is 12.4. The normalized spacial score (nSPS) is 19.0. The van der Waals surface area contributed by atoms with Crippen LogP contribution in [0.15, 0.2) is 48.5 Å². The topological polar surface area (TPSA) is 95.2 Å². The van der Waals surface area contributed by atoms with E-state index in [2.05, 4.69) is 61.9 Å². The second-order valence-corrected chi connectivity index (χ2v) is 9.64. The summed E-state index contributed by atoms with van der Waals surface area (Å²) >= 11 is 0. The number of benzene rings is 2. The molecule has 1 atom stereocenters. The summed E-state index contributed by atoms with van der Waals surface area (Å²) in [6, 6.07) is 17.0. The van der Waals surface area contributed by atoms with Crippen LogP contribution in [0, 0.1) is 0 Å². The maximum Gasteiger partial charge on any atom is 0.124 e. The van der Waals surface area contributed by atoms with Crippen molar-refractivity contribution in [2.24, 2.45) is 0 Å². The quantitative estimate of drug-likeness (QED) is 0.330. The molecule has 4 heterocycles. The molecule has 0 spiro atoms. The Balaban J connectivity index is 1.16. The minimum atomic E-state index is 0.330. The summed E-state index contributed by atoms with van der Waals surface area (Å²) in [7, 11) is 0. The molecule has 3 N–H and O–H groups in total. The van der Waals surface area contributed by atoms with Gasteiger partial charge in [-0.05, 0) is 68.6 Å². The van der Waals surface area contributed by atoms with Gasteiger partial charge in [-0.15, -0.1) is 10.2 Å². The van der Waals surface area contributed by atoms with Crippen LogP contribution >= 0.6 is 0 Å². The largest absolute Gasteiger partial charge is 0.342 e. The first kappa shape index (κ1) is 19.9. The number of fused-ring (bicyclic) bond motifs is 2. The van der Waals surface area contributed by atoms with Gasteiger partial charge in [0.05, 0.1) is 39.5 Å².